The van der Waals surface area contributed by atoms with Gasteiger partial charge in [0.15, 0.2) is 0 Å². The Kier molecular flexibility index (Phi) is 10.4. The lowest BCUT2D eigenvalue weighted by Crippen LogP contribution is -2.09. The second-order valence-corrected chi connectivity index (χ2v) is 4.96. The van der Waals surface area contributed by atoms with E-state index in [9.17, 15) is 9.59 Å². The molecule has 18 heavy (non-hydrogen) atoms. The zero-order valence-electron chi connectivity index (χ0n) is 11.6. The fourth-order valence-corrected chi connectivity index (χ4v) is 1.82. The maximum atomic E-state index is 10.6. The summed E-state index contributed by atoms with van der Waals surface area (Å²) in [6, 6.07) is 0. The average Bonchev–Trinajstić information content (AvgIpc) is 2.29. The van der Waals surface area contributed by atoms with Gasteiger partial charge >= 0.3 is 11.9 Å². The predicted octanol–water partition coefficient (Wildman–Crippen LogP) is 3.39. The largest absolute Gasteiger partial charge is 0.481 e. The molecule has 0 fully saturated rings. The molecular formula is C14H26O4. The topological polar surface area (TPSA) is 63.6 Å². The number of ether oxygens (including phenoxy) is 1. The van der Waals surface area contributed by atoms with Crippen LogP contribution in [0.3, 0.4) is 0 Å². The van der Waals surface area contributed by atoms with Crippen molar-refractivity contribution in [2.24, 2.45) is 5.92 Å². The monoisotopic (exact) mass is 258 g/mol. The molecule has 106 valence electrons. The van der Waals surface area contributed by atoms with E-state index in [0.29, 0.717) is 18.9 Å². The molecular weight excluding hydrogens is 232 g/mol. The van der Waals surface area contributed by atoms with Crippen molar-refractivity contribution in [2.75, 3.05) is 6.61 Å². The van der Waals surface area contributed by atoms with Crippen molar-refractivity contribution >= 4 is 11.9 Å². The Morgan fingerprint density at radius 2 is 1.61 bits per heavy atom. The Bertz CT molecular complexity index is 238. The highest BCUT2D eigenvalue weighted by molar-refractivity contribution is 5.66. The van der Waals surface area contributed by atoms with Gasteiger partial charge in [-0.15, -0.1) is 0 Å². The lowest BCUT2D eigenvalue weighted by atomic mass is 10.0. The minimum absolute atomic E-state index is 0.208. The second-order valence-electron chi connectivity index (χ2n) is 4.96. The summed E-state index contributed by atoms with van der Waals surface area (Å²) in [5.41, 5.74) is 0. The van der Waals surface area contributed by atoms with Gasteiger partial charge in [-0.1, -0.05) is 39.0 Å². The van der Waals surface area contributed by atoms with Gasteiger partial charge in [0.2, 0.25) is 0 Å². The number of hydrogen-bond acceptors (Lipinski definition) is 3. The van der Waals surface area contributed by atoms with Crippen molar-refractivity contribution in [3.05, 3.63) is 0 Å². The maximum absolute atomic E-state index is 10.6. The molecule has 0 aromatic heterocycles. The van der Waals surface area contributed by atoms with Crippen LogP contribution in [0.15, 0.2) is 0 Å². The van der Waals surface area contributed by atoms with Crippen LogP contribution in [0.4, 0.5) is 0 Å². The first kappa shape index (κ1) is 16.9. The van der Waals surface area contributed by atoms with E-state index in [1.165, 1.54) is 19.8 Å². The van der Waals surface area contributed by atoms with Gasteiger partial charge in [0.1, 0.15) is 0 Å². The Labute approximate surface area is 110 Å². The molecule has 1 unspecified atom stereocenters. The lowest BCUT2D eigenvalue weighted by Gasteiger charge is -2.10. The molecule has 0 amide bonds. The summed E-state index contributed by atoms with van der Waals surface area (Å²) in [6.45, 7) is 4.05. The molecule has 0 aliphatic carbocycles. The Hall–Kier alpha value is -1.06. The van der Waals surface area contributed by atoms with Crippen LogP contribution in [0.1, 0.15) is 65.2 Å². The predicted molar refractivity (Wildman–Crippen MR) is 70.4 cm³/mol. The van der Waals surface area contributed by atoms with Crippen molar-refractivity contribution in [1.82, 2.24) is 0 Å². The molecule has 0 heterocycles. The molecule has 0 spiro atoms. The highest BCUT2D eigenvalue weighted by Gasteiger charge is 2.04. The summed E-state index contributed by atoms with van der Waals surface area (Å²) < 4.78 is 4.94. The molecule has 1 atom stereocenters. The van der Waals surface area contributed by atoms with Crippen LogP contribution in [0.25, 0.3) is 0 Å². The van der Waals surface area contributed by atoms with Crippen LogP contribution in [-0.4, -0.2) is 23.7 Å². The molecule has 1 N–H and O–H groups in total. The fraction of sp³-hybridized carbons (Fsp3) is 0.857. The van der Waals surface area contributed by atoms with E-state index in [1.807, 2.05) is 0 Å². The van der Waals surface area contributed by atoms with E-state index in [2.05, 4.69) is 6.92 Å². The maximum Gasteiger partial charge on any atom is 0.303 e. The van der Waals surface area contributed by atoms with E-state index < -0.39 is 5.97 Å². The standard InChI is InChI=1S/C14H26O4/c1-12(11-18-13(2)15)9-7-5-3-4-6-8-10-14(16)17/h12H,3-11H2,1-2H3,(H,16,17). The number of carboxylic acids is 1. The SMILES string of the molecule is CC(=O)OCC(C)CCCCCCCCC(=O)O. The summed E-state index contributed by atoms with van der Waals surface area (Å²) >= 11 is 0. The number of hydrogen-bond donors (Lipinski definition) is 1. The summed E-state index contributed by atoms with van der Waals surface area (Å²) in [4.78, 5) is 20.9. The van der Waals surface area contributed by atoms with E-state index >= 15 is 0 Å². The highest BCUT2D eigenvalue weighted by atomic mass is 16.5. The Morgan fingerprint density at radius 1 is 1.06 bits per heavy atom. The van der Waals surface area contributed by atoms with Gasteiger partial charge in [-0.25, -0.2) is 0 Å². The van der Waals surface area contributed by atoms with Crippen LogP contribution in [0.5, 0.6) is 0 Å². The van der Waals surface area contributed by atoms with Gasteiger partial charge in [0.05, 0.1) is 6.61 Å². The molecule has 0 rings (SSSR count). The van der Waals surface area contributed by atoms with Gasteiger partial charge in [0, 0.05) is 13.3 Å². The highest BCUT2D eigenvalue weighted by Crippen LogP contribution is 2.13. The van der Waals surface area contributed by atoms with Crippen LogP contribution in [0.2, 0.25) is 0 Å². The van der Waals surface area contributed by atoms with E-state index in [1.54, 1.807) is 0 Å². The zero-order chi connectivity index (χ0) is 13.8. The van der Waals surface area contributed by atoms with Crippen molar-refractivity contribution < 1.29 is 19.4 Å². The van der Waals surface area contributed by atoms with Gasteiger partial charge < -0.3 is 9.84 Å². The summed E-state index contributed by atoms with van der Waals surface area (Å²) in [7, 11) is 0. The van der Waals surface area contributed by atoms with Crippen molar-refractivity contribution in [2.45, 2.75) is 65.2 Å². The van der Waals surface area contributed by atoms with Gasteiger partial charge in [-0.05, 0) is 18.8 Å². The molecule has 0 aromatic rings. The summed E-state index contributed by atoms with van der Waals surface area (Å²) in [5, 5.41) is 8.47. The zero-order valence-corrected chi connectivity index (χ0v) is 11.6. The molecule has 0 bridgehead atoms. The number of carbonyl (C=O) groups excluding carboxylic acids is 1. The number of esters is 1. The normalized spacial score (nSPS) is 12.1. The van der Waals surface area contributed by atoms with Crippen LogP contribution < -0.4 is 0 Å². The average molecular weight is 258 g/mol. The Balaban J connectivity index is 3.19. The fourth-order valence-electron chi connectivity index (χ4n) is 1.82. The number of unbranched alkanes of at least 4 members (excludes halogenated alkanes) is 5. The first-order chi connectivity index (χ1) is 8.52. The number of carboxylic acid groups (broad SMARTS) is 1. The van der Waals surface area contributed by atoms with Gasteiger partial charge in [-0.2, -0.15) is 0 Å². The molecule has 0 aromatic carbocycles. The van der Waals surface area contributed by atoms with E-state index in [-0.39, 0.29) is 5.97 Å². The number of carbonyl (C=O) groups is 2. The van der Waals surface area contributed by atoms with Crippen LogP contribution >= 0.6 is 0 Å². The third-order valence-electron chi connectivity index (χ3n) is 2.91. The van der Waals surface area contributed by atoms with E-state index in [0.717, 1.165) is 32.1 Å². The minimum atomic E-state index is -0.700. The summed E-state index contributed by atoms with van der Waals surface area (Å²) in [5.74, 6) is -0.476. The molecule has 0 aliphatic rings. The molecule has 0 saturated carbocycles. The third kappa shape index (κ3) is 13.0. The van der Waals surface area contributed by atoms with Gasteiger partial charge in [-0.3, -0.25) is 9.59 Å². The molecule has 4 heteroatoms. The molecule has 4 nitrogen and oxygen atoms in total. The van der Waals surface area contributed by atoms with Crippen LogP contribution in [0, 0.1) is 5.92 Å². The lowest BCUT2D eigenvalue weighted by molar-refractivity contribution is -0.142. The minimum Gasteiger partial charge on any atom is -0.481 e. The molecule has 0 saturated heterocycles. The van der Waals surface area contributed by atoms with Crippen molar-refractivity contribution in [3.63, 3.8) is 0 Å². The third-order valence-corrected chi connectivity index (χ3v) is 2.91. The first-order valence-corrected chi connectivity index (χ1v) is 6.87. The molecule has 0 aliphatic heterocycles. The summed E-state index contributed by atoms with van der Waals surface area (Å²) in [6.07, 6.45) is 7.79. The van der Waals surface area contributed by atoms with Crippen molar-refractivity contribution in [1.29, 1.82) is 0 Å². The number of aliphatic carboxylic acids is 1. The van der Waals surface area contributed by atoms with Gasteiger partial charge in [0.25, 0.3) is 0 Å². The molecule has 0 radical (unpaired) electrons. The second kappa shape index (κ2) is 11.1. The van der Waals surface area contributed by atoms with E-state index in [4.69, 9.17) is 9.84 Å². The quantitative estimate of drug-likeness (QED) is 0.456. The Morgan fingerprint density at radius 3 is 2.17 bits per heavy atom. The number of rotatable bonds is 11. The first-order valence-electron chi connectivity index (χ1n) is 6.87. The smallest absolute Gasteiger partial charge is 0.303 e. The van der Waals surface area contributed by atoms with Crippen LogP contribution in [-0.2, 0) is 14.3 Å². The van der Waals surface area contributed by atoms with Crippen molar-refractivity contribution in [3.8, 4) is 0 Å².